The molecule has 2 aromatic rings. The molecule has 0 aromatic carbocycles. The third-order valence-corrected chi connectivity index (χ3v) is 4.58. The molecule has 0 radical (unpaired) electrons. The van der Waals surface area contributed by atoms with Crippen LogP contribution in [0.3, 0.4) is 0 Å². The van der Waals surface area contributed by atoms with Gasteiger partial charge in [0.2, 0.25) is 0 Å². The fourth-order valence-corrected chi connectivity index (χ4v) is 2.87. The summed E-state index contributed by atoms with van der Waals surface area (Å²) in [5.41, 5.74) is 7.12. The van der Waals surface area contributed by atoms with Gasteiger partial charge in [0, 0.05) is 0 Å². The third kappa shape index (κ3) is 5.03. The first-order valence-electron chi connectivity index (χ1n) is 9.54. The van der Waals surface area contributed by atoms with Crippen molar-refractivity contribution in [1.82, 2.24) is 9.97 Å². The van der Waals surface area contributed by atoms with Gasteiger partial charge in [0.05, 0.1) is 71.8 Å². The van der Waals surface area contributed by atoms with E-state index in [-0.39, 0.29) is 0 Å². The fourth-order valence-electron chi connectivity index (χ4n) is 2.87. The summed E-state index contributed by atoms with van der Waals surface area (Å²) in [7, 11) is 0. The summed E-state index contributed by atoms with van der Waals surface area (Å²) in [4.78, 5) is 27.9. The monoisotopic (exact) mass is 374 g/mol. The minimum atomic E-state index is 0.613. The Bertz CT molecular complexity index is 818. The molecule has 0 unspecified atom stereocenters. The zero-order chi connectivity index (χ0) is 19.9. The van der Waals surface area contributed by atoms with Crippen molar-refractivity contribution in [3.63, 3.8) is 0 Å². The van der Waals surface area contributed by atoms with Gasteiger partial charge in [0.15, 0.2) is 0 Å². The number of fused-ring (bicyclic) bond motifs is 4. The summed E-state index contributed by atoms with van der Waals surface area (Å²) in [5.74, 6) is 0. The van der Waals surface area contributed by atoms with E-state index >= 15 is 0 Å². The third-order valence-electron chi connectivity index (χ3n) is 4.58. The van der Waals surface area contributed by atoms with Crippen LogP contribution in [0.25, 0.3) is 0 Å². The maximum absolute atomic E-state index is 4.70. The topological polar surface area (TPSA) is 75.2 Å². The van der Waals surface area contributed by atoms with Gasteiger partial charge in [0.25, 0.3) is 0 Å². The molecule has 0 saturated carbocycles. The molecule has 28 heavy (non-hydrogen) atoms. The van der Waals surface area contributed by atoms with Crippen LogP contribution >= 0.6 is 0 Å². The number of hydrogen-bond acceptors (Lipinski definition) is 6. The van der Waals surface area contributed by atoms with Crippen molar-refractivity contribution in [3.05, 3.63) is 59.2 Å². The molecule has 0 saturated heterocycles. The predicted molar refractivity (Wildman–Crippen MR) is 117 cm³/mol. The lowest BCUT2D eigenvalue weighted by Gasteiger charge is -2.06. The number of nitrogens with zero attached hydrogens (tertiary/aromatic N) is 6. The zero-order valence-electron chi connectivity index (χ0n) is 17.0. The fraction of sp³-hybridized carbons (Fsp3) is 0.364. The molecule has 0 amide bonds. The number of aliphatic imine (C=N–C) groups is 4. The predicted octanol–water partition coefficient (Wildman–Crippen LogP) is 3.43. The largest absolute Gasteiger partial charge is 0.286 e. The van der Waals surface area contributed by atoms with Gasteiger partial charge in [0.1, 0.15) is 0 Å². The van der Waals surface area contributed by atoms with E-state index in [4.69, 9.17) is 9.97 Å². The van der Waals surface area contributed by atoms with Crippen LogP contribution in [0.2, 0.25) is 0 Å². The molecule has 6 heteroatoms. The SMILES string of the molecule is C/C1=N\CC/N=C(\C)c2cccc(n2)/C(C)=N/CC/N=C(\C)c2cccc1n2. The van der Waals surface area contributed by atoms with Crippen LogP contribution in [0.15, 0.2) is 56.4 Å². The summed E-state index contributed by atoms with van der Waals surface area (Å²) < 4.78 is 0. The van der Waals surface area contributed by atoms with Gasteiger partial charge < -0.3 is 0 Å². The standard InChI is InChI=1S/C22H26N6/c1-15-19-7-5-8-20(27-19)16(2)25-13-14-26-18(4)22-10-6-9-21(28-22)17(3)24-12-11-23-15/h5-10H,11-14H2,1-4H3/b23-15+,24-17+,25-16+,26-18+. The molecule has 2 aromatic heterocycles. The molecule has 6 nitrogen and oxygen atoms in total. The van der Waals surface area contributed by atoms with E-state index in [1.165, 1.54) is 0 Å². The second kappa shape index (κ2) is 9.26. The Kier molecular flexibility index (Phi) is 6.53. The maximum Gasteiger partial charge on any atom is 0.0845 e. The molecule has 0 fully saturated rings. The van der Waals surface area contributed by atoms with Crippen molar-refractivity contribution < 1.29 is 0 Å². The number of aromatic nitrogens is 2. The van der Waals surface area contributed by atoms with Crippen molar-refractivity contribution in [3.8, 4) is 0 Å². The van der Waals surface area contributed by atoms with Gasteiger partial charge in [-0.3, -0.25) is 20.0 Å². The summed E-state index contributed by atoms with van der Waals surface area (Å²) in [5, 5.41) is 0. The molecule has 3 rings (SSSR count). The highest BCUT2D eigenvalue weighted by molar-refractivity contribution is 6.01. The molecule has 0 aliphatic carbocycles. The lowest BCUT2D eigenvalue weighted by molar-refractivity contribution is 0.963. The molecule has 1 aliphatic rings. The molecular weight excluding hydrogens is 348 g/mol. The highest BCUT2D eigenvalue weighted by Gasteiger charge is 2.06. The van der Waals surface area contributed by atoms with Crippen LogP contribution < -0.4 is 0 Å². The zero-order valence-corrected chi connectivity index (χ0v) is 17.0. The van der Waals surface area contributed by atoms with Crippen molar-refractivity contribution >= 4 is 22.8 Å². The van der Waals surface area contributed by atoms with Gasteiger partial charge >= 0.3 is 0 Å². The molecule has 4 bridgehead atoms. The maximum atomic E-state index is 4.70. The van der Waals surface area contributed by atoms with E-state index in [1.807, 2.05) is 64.1 Å². The number of rotatable bonds is 0. The van der Waals surface area contributed by atoms with Gasteiger partial charge in [-0.25, -0.2) is 9.97 Å². The summed E-state index contributed by atoms with van der Waals surface area (Å²) in [6.45, 7) is 10.4. The molecule has 0 spiro atoms. The normalized spacial score (nSPS) is 23.6. The first-order valence-corrected chi connectivity index (χ1v) is 9.54. The van der Waals surface area contributed by atoms with Crippen molar-refractivity contribution in [2.75, 3.05) is 26.2 Å². The Labute approximate surface area is 166 Å². The Morgan fingerprint density at radius 1 is 0.464 bits per heavy atom. The lowest BCUT2D eigenvalue weighted by atomic mass is 10.2. The second-order valence-electron chi connectivity index (χ2n) is 6.68. The molecule has 1 aliphatic heterocycles. The van der Waals surface area contributed by atoms with Crippen LogP contribution in [0.5, 0.6) is 0 Å². The highest BCUT2D eigenvalue weighted by atomic mass is 14.9. The van der Waals surface area contributed by atoms with Crippen LogP contribution in [0.4, 0.5) is 0 Å². The molecule has 0 atom stereocenters. The van der Waals surface area contributed by atoms with Gasteiger partial charge in [-0.05, 0) is 52.0 Å². The summed E-state index contributed by atoms with van der Waals surface area (Å²) in [6.07, 6.45) is 0. The summed E-state index contributed by atoms with van der Waals surface area (Å²) in [6, 6.07) is 11.9. The van der Waals surface area contributed by atoms with Crippen molar-refractivity contribution in [2.45, 2.75) is 27.7 Å². The van der Waals surface area contributed by atoms with Gasteiger partial charge in [-0.2, -0.15) is 0 Å². The smallest absolute Gasteiger partial charge is 0.0845 e. The highest BCUT2D eigenvalue weighted by Crippen LogP contribution is 2.06. The first kappa shape index (κ1) is 19.7. The van der Waals surface area contributed by atoms with E-state index in [2.05, 4.69) is 20.0 Å². The Balaban J connectivity index is 1.96. The molecule has 3 heterocycles. The lowest BCUT2D eigenvalue weighted by Crippen LogP contribution is -2.09. The molecule has 0 N–H and O–H groups in total. The van der Waals surface area contributed by atoms with Crippen LogP contribution in [0.1, 0.15) is 50.5 Å². The van der Waals surface area contributed by atoms with E-state index in [0.29, 0.717) is 26.2 Å². The van der Waals surface area contributed by atoms with E-state index in [9.17, 15) is 0 Å². The number of pyridine rings is 2. The second-order valence-corrected chi connectivity index (χ2v) is 6.68. The average molecular weight is 374 g/mol. The van der Waals surface area contributed by atoms with E-state index in [1.54, 1.807) is 0 Å². The van der Waals surface area contributed by atoms with Gasteiger partial charge in [-0.1, -0.05) is 12.1 Å². The number of hydrogen-bond donors (Lipinski definition) is 0. The minimum absolute atomic E-state index is 0.613. The summed E-state index contributed by atoms with van der Waals surface area (Å²) >= 11 is 0. The van der Waals surface area contributed by atoms with Crippen LogP contribution in [-0.4, -0.2) is 59.0 Å². The van der Waals surface area contributed by atoms with E-state index < -0.39 is 0 Å². The Morgan fingerprint density at radius 3 is 0.964 bits per heavy atom. The molecule has 144 valence electrons. The van der Waals surface area contributed by atoms with Crippen molar-refractivity contribution in [1.29, 1.82) is 0 Å². The quantitative estimate of drug-likeness (QED) is 0.708. The van der Waals surface area contributed by atoms with Crippen molar-refractivity contribution in [2.24, 2.45) is 20.0 Å². The van der Waals surface area contributed by atoms with Crippen LogP contribution in [0, 0.1) is 0 Å². The first-order chi connectivity index (χ1) is 13.5. The Morgan fingerprint density at radius 2 is 0.714 bits per heavy atom. The average Bonchev–Trinajstić information content (AvgIpc) is 2.73. The molecular formula is C22H26N6. The van der Waals surface area contributed by atoms with Crippen LogP contribution in [-0.2, 0) is 0 Å². The Hall–Kier alpha value is -3.02. The van der Waals surface area contributed by atoms with E-state index in [0.717, 1.165) is 45.6 Å². The minimum Gasteiger partial charge on any atom is -0.286 e. The van der Waals surface area contributed by atoms with Gasteiger partial charge in [-0.15, -0.1) is 0 Å².